The molecule has 0 aromatic carbocycles. The molecule has 0 bridgehead atoms. The fraction of sp³-hybridized carbons (Fsp3) is 0.636. The summed E-state index contributed by atoms with van der Waals surface area (Å²) in [6.07, 6.45) is 0.896. The SMILES string of the molecule is COc1onc(C(=O)NCCCN(C)C)c1C. The van der Waals surface area contributed by atoms with Gasteiger partial charge in [-0.15, -0.1) is 0 Å². The maximum Gasteiger partial charge on any atom is 0.314 e. The molecule has 1 heterocycles. The molecule has 0 fully saturated rings. The number of nitrogens with one attached hydrogen (secondary N) is 1. The first kappa shape index (κ1) is 13.5. The molecule has 1 aromatic rings. The summed E-state index contributed by atoms with van der Waals surface area (Å²) in [4.78, 5) is 13.8. The molecule has 0 saturated carbocycles. The molecule has 96 valence electrons. The second-order valence-electron chi connectivity index (χ2n) is 4.06. The Morgan fingerprint density at radius 1 is 1.53 bits per heavy atom. The minimum atomic E-state index is -0.228. The first-order chi connectivity index (χ1) is 8.06. The highest BCUT2D eigenvalue weighted by molar-refractivity contribution is 5.93. The van der Waals surface area contributed by atoms with E-state index in [1.54, 1.807) is 6.92 Å². The number of rotatable bonds is 6. The number of nitrogens with zero attached hydrogens (tertiary/aromatic N) is 2. The predicted octanol–water partition coefficient (Wildman–Crippen LogP) is 0.673. The first-order valence-electron chi connectivity index (χ1n) is 5.49. The summed E-state index contributed by atoms with van der Waals surface area (Å²) in [5.74, 6) is 0.0525. The average Bonchev–Trinajstić information content (AvgIpc) is 2.65. The molecule has 0 atom stereocenters. The molecule has 0 aliphatic rings. The quantitative estimate of drug-likeness (QED) is 0.741. The van der Waals surface area contributed by atoms with Crippen molar-refractivity contribution in [1.82, 2.24) is 15.4 Å². The van der Waals surface area contributed by atoms with Gasteiger partial charge in [-0.05, 0) is 34.0 Å². The molecule has 1 rings (SSSR count). The number of ether oxygens (including phenoxy) is 1. The number of hydrogen-bond acceptors (Lipinski definition) is 5. The van der Waals surface area contributed by atoms with Crippen LogP contribution >= 0.6 is 0 Å². The van der Waals surface area contributed by atoms with Gasteiger partial charge in [0.2, 0.25) is 0 Å². The Balaban J connectivity index is 2.44. The van der Waals surface area contributed by atoms with Crippen LogP contribution in [0.3, 0.4) is 0 Å². The lowest BCUT2D eigenvalue weighted by Gasteiger charge is -2.09. The van der Waals surface area contributed by atoms with E-state index in [1.807, 2.05) is 14.1 Å². The van der Waals surface area contributed by atoms with Gasteiger partial charge in [-0.3, -0.25) is 4.79 Å². The lowest BCUT2D eigenvalue weighted by atomic mass is 10.2. The topological polar surface area (TPSA) is 67.6 Å². The van der Waals surface area contributed by atoms with Gasteiger partial charge in [0, 0.05) is 6.54 Å². The Hall–Kier alpha value is -1.56. The highest BCUT2D eigenvalue weighted by Crippen LogP contribution is 2.19. The van der Waals surface area contributed by atoms with Crippen molar-refractivity contribution in [3.05, 3.63) is 11.3 Å². The van der Waals surface area contributed by atoms with Crippen LogP contribution in [0.1, 0.15) is 22.5 Å². The van der Waals surface area contributed by atoms with Gasteiger partial charge in [0.15, 0.2) is 5.69 Å². The van der Waals surface area contributed by atoms with Gasteiger partial charge in [-0.25, -0.2) is 0 Å². The fourth-order valence-corrected chi connectivity index (χ4v) is 1.40. The Morgan fingerprint density at radius 2 is 2.24 bits per heavy atom. The Morgan fingerprint density at radius 3 is 2.76 bits per heavy atom. The largest absolute Gasteiger partial charge is 0.467 e. The maximum absolute atomic E-state index is 11.7. The number of carbonyl (C=O) groups excluding carboxylic acids is 1. The molecular weight excluding hydrogens is 222 g/mol. The predicted molar refractivity (Wildman–Crippen MR) is 63.3 cm³/mol. The van der Waals surface area contributed by atoms with Gasteiger partial charge in [-0.1, -0.05) is 5.16 Å². The third-order valence-corrected chi connectivity index (χ3v) is 2.35. The molecule has 1 N–H and O–H groups in total. The van der Waals surface area contributed by atoms with E-state index in [1.165, 1.54) is 7.11 Å². The Kier molecular flexibility index (Phi) is 4.96. The normalized spacial score (nSPS) is 10.6. The summed E-state index contributed by atoms with van der Waals surface area (Å²) < 4.78 is 9.79. The van der Waals surface area contributed by atoms with Crippen LogP contribution in [0.5, 0.6) is 5.95 Å². The molecule has 0 aliphatic heterocycles. The van der Waals surface area contributed by atoms with Crippen LogP contribution in [0.25, 0.3) is 0 Å². The molecule has 0 radical (unpaired) electrons. The van der Waals surface area contributed by atoms with E-state index >= 15 is 0 Å². The van der Waals surface area contributed by atoms with Crippen molar-refractivity contribution in [2.45, 2.75) is 13.3 Å². The van der Waals surface area contributed by atoms with Crippen LogP contribution in [0, 0.1) is 6.92 Å². The van der Waals surface area contributed by atoms with Gasteiger partial charge >= 0.3 is 5.95 Å². The van der Waals surface area contributed by atoms with E-state index in [4.69, 9.17) is 9.26 Å². The van der Waals surface area contributed by atoms with Crippen molar-refractivity contribution >= 4 is 5.91 Å². The maximum atomic E-state index is 11.7. The molecule has 0 spiro atoms. The van der Waals surface area contributed by atoms with Crippen molar-refractivity contribution < 1.29 is 14.1 Å². The highest BCUT2D eigenvalue weighted by Gasteiger charge is 2.18. The minimum absolute atomic E-state index is 0.228. The summed E-state index contributed by atoms with van der Waals surface area (Å²) in [6.45, 7) is 3.29. The van der Waals surface area contributed by atoms with Crippen LogP contribution < -0.4 is 10.1 Å². The summed E-state index contributed by atoms with van der Waals surface area (Å²) >= 11 is 0. The minimum Gasteiger partial charge on any atom is -0.467 e. The lowest BCUT2D eigenvalue weighted by molar-refractivity contribution is 0.0942. The molecule has 6 nitrogen and oxygen atoms in total. The molecule has 0 aliphatic carbocycles. The molecule has 0 saturated heterocycles. The molecule has 0 unspecified atom stereocenters. The van der Waals surface area contributed by atoms with Crippen molar-refractivity contribution in [2.24, 2.45) is 0 Å². The van der Waals surface area contributed by atoms with E-state index in [0.717, 1.165) is 13.0 Å². The summed E-state index contributed by atoms with van der Waals surface area (Å²) in [7, 11) is 5.47. The van der Waals surface area contributed by atoms with E-state index in [9.17, 15) is 4.79 Å². The van der Waals surface area contributed by atoms with Crippen molar-refractivity contribution in [3.8, 4) is 5.95 Å². The van der Waals surface area contributed by atoms with Gasteiger partial charge < -0.3 is 19.5 Å². The molecule has 17 heavy (non-hydrogen) atoms. The highest BCUT2D eigenvalue weighted by atomic mass is 16.6. The van der Waals surface area contributed by atoms with E-state index < -0.39 is 0 Å². The second kappa shape index (κ2) is 6.24. The zero-order valence-corrected chi connectivity index (χ0v) is 10.7. The number of hydrogen-bond donors (Lipinski definition) is 1. The van der Waals surface area contributed by atoms with E-state index in [2.05, 4.69) is 15.4 Å². The number of methoxy groups -OCH3 is 1. The Bertz CT molecular complexity index is 374. The molecule has 6 heteroatoms. The smallest absolute Gasteiger partial charge is 0.314 e. The zero-order chi connectivity index (χ0) is 12.8. The van der Waals surface area contributed by atoms with Gasteiger partial charge in [-0.2, -0.15) is 0 Å². The summed E-state index contributed by atoms with van der Waals surface area (Å²) in [6, 6.07) is 0. The second-order valence-corrected chi connectivity index (χ2v) is 4.06. The van der Waals surface area contributed by atoms with Crippen LogP contribution in [-0.2, 0) is 0 Å². The van der Waals surface area contributed by atoms with Crippen molar-refractivity contribution in [2.75, 3.05) is 34.3 Å². The third-order valence-electron chi connectivity index (χ3n) is 2.35. The molecule has 1 aromatic heterocycles. The monoisotopic (exact) mass is 241 g/mol. The first-order valence-corrected chi connectivity index (χ1v) is 5.49. The van der Waals surface area contributed by atoms with Gasteiger partial charge in [0.05, 0.1) is 12.7 Å². The van der Waals surface area contributed by atoms with E-state index in [0.29, 0.717) is 12.1 Å². The van der Waals surface area contributed by atoms with Crippen molar-refractivity contribution in [1.29, 1.82) is 0 Å². The lowest BCUT2D eigenvalue weighted by Crippen LogP contribution is -2.27. The fourth-order valence-electron chi connectivity index (χ4n) is 1.40. The van der Waals surface area contributed by atoms with Gasteiger partial charge in [0.1, 0.15) is 0 Å². The third kappa shape index (κ3) is 3.74. The summed E-state index contributed by atoms with van der Waals surface area (Å²) in [5, 5.41) is 6.47. The van der Waals surface area contributed by atoms with Crippen LogP contribution in [0.15, 0.2) is 4.52 Å². The van der Waals surface area contributed by atoms with E-state index in [-0.39, 0.29) is 17.5 Å². The van der Waals surface area contributed by atoms with Crippen LogP contribution in [0.4, 0.5) is 0 Å². The number of carbonyl (C=O) groups is 1. The van der Waals surface area contributed by atoms with Crippen molar-refractivity contribution in [3.63, 3.8) is 0 Å². The number of amides is 1. The summed E-state index contributed by atoms with van der Waals surface area (Å²) in [5.41, 5.74) is 0.907. The Labute approximate surface area is 101 Å². The van der Waals surface area contributed by atoms with Gasteiger partial charge in [0.25, 0.3) is 5.91 Å². The average molecular weight is 241 g/mol. The van der Waals surface area contributed by atoms with Crippen LogP contribution in [0.2, 0.25) is 0 Å². The number of aromatic nitrogens is 1. The molecular formula is C11H19N3O3. The zero-order valence-electron chi connectivity index (χ0n) is 10.7. The standard InChI is InChI=1S/C11H19N3O3/c1-8-9(13-17-11(8)16-4)10(15)12-6-5-7-14(2)3/h5-7H2,1-4H3,(H,12,15). The van der Waals surface area contributed by atoms with Crippen LogP contribution in [-0.4, -0.2) is 50.3 Å². The molecule has 1 amide bonds.